The highest BCUT2D eigenvalue weighted by Crippen LogP contribution is 2.24. The largest absolute Gasteiger partial charge is 0.353 e. The van der Waals surface area contributed by atoms with Gasteiger partial charge in [0.25, 0.3) is 0 Å². The summed E-state index contributed by atoms with van der Waals surface area (Å²) in [7, 11) is 0. The zero-order valence-electron chi connectivity index (χ0n) is 12.8. The van der Waals surface area contributed by atoms with E-state index in [9.17, 15) is 4.79 Å². The minimum atomic E-state index is 0.0600. The van der Waals surface area contributed by atoms with Crippen LogP contribution >= 0.6 is 11.3 Å². The first kappa shape index (κ1) is 15.7. The van der Waals surface area contributed by atoms with E-state index in [1.807, 2.05) is 11.4 Å². The summed E-state index contributed by atoms with van der Waals surface area (Å²) in [6.45, 7) is 6.25. The molecule has 0 saturated heterocycles. The number of nitrogens with one attached hydrogen (secondary N) is 1. The normalized spacial score (nSPS) is 10.9. The molecule has 0 atom stereocenters. The molecule has 0 bridgehead atoms. The molecule has 0 aliphatic heterocycles. The number of hydrogen-bond acceptors (Lipinski definition) is 3. The van der Waals surface area contributed by atoms with Crippen molar-refractivity contribution in [2.75, 3.05) is 0 Å². The van der Waals surface area contributed by atoms with Crippen molar-refractivity contribution in [2.24, 2.45) is 0 Å². The van der Waals surface area contributed by atoms with E-state index in [2.05, 4.69) is 49.3 Å². The number of benzene rings is 1. The van der Waals surface area contributed by atoms with E-state index < -0.39 is 0 Å². The molecule has 1 N–H and O–H groups in total. The average molecular weight is 302 g/mol. The van der Waals surface area contributed by atoms with Crippen LogP contribution in [0.1, 0.15) is 37.9 Å². The number of thiazole rings is 1. The van der Waals surface area contributed by atoms with E-state index in [4.69, 9.17) is 0 Å². The molecule has 0 saturated carbocycles. The monoisotopic (exact) mass is 302 g/mol. The number of carbonyl (C=O) groups is 1. The predicted octanol–water partition coefficient (Wildman–Crippen LogP) is 3.97. The Balaban J connectivity index is 2.02. The molecule has 0 aliphatic rings. The first-order valence-electron chi connectivity index (χ1n) is 7.43. The third kappa shape index (κ3) is 4.39. The maximum absolute atomic E-state index is 12.0. The van der Waals surface area contributed by atoms with E-state index in [0.29, 0.717) is 6.42 Å². The van der Waals surface area contributed by atoms with Crippen molar-refractivity contribution < 1.29 is 4.79 Å². The summed E-state index contributed by atoms with van der Waals surface area (Å²) < 4.78 is 0. The molecule has 21 heavy (non-hydrogen) atoms. The van der Waals surface area contributed by atoms with Crippen molar-refractivity contribution in [1.29, 1.82) is 0 Å². The van der Waals surface area contributed by atoms with Crippen LogP contribution in [0.15, 0.2) is 29.6 Å². The van der Waals surface area contributed by atoms with E-state index in [-0.39, 0.29) is 11.9 Å². The van der Waals surface area contributed by atoms with Gasteiger partial charge in [-0.1, -0.05) is 37.6 Å². The third-order valence-electron chi connectivity index (χ3n) is 3.51. The van der Waals surface area contributed by atoms with Gasteiger partial charge in [0, 0.05) is 17.0 Å². The minimum Gasteiger partial charge on any atom is -0.353 e. The molecule has 1 amide bonds. The molecule has 0 fully saturated rings. The lowest BCUT2D eigenvalue weighted by atomic mass is 10.1. The first-order chi connectivity index (χ1) is 10.1. The number of aryl methyl sites for hydroxylation is 1. The van der Waals surface area contributed by atoms with Gasteiger partial charge < -0.3 is 5.32 Å². The second-order valence-corrected chi connectivity index (χ2v) is 6.13. The smallest absolute Gasteiger partial charge is 0.226 e. The number of rotatable bonds is 6. The molecule has 4 heteroatoms. The van der Waals surface area contributed by atoms with Gasteiger partial charge >= 0.3 is 0 Å². The van der Waals surface area contributed by atoms with Crippen LogP contribution < -0.4 is 5.32 Å². The van der Waals surface area contributed by atoms with Gasteiger partial charge in [0.2, 0.25) is 5.91 Å². The quantitative estimate of drug-likeness (QED) is 0.877. The average Bonchev–Trinajstić information content (AvgIpc) is 2.93. The van der Waals surface area contributed by atoms with E-state index >= 15 is 0 Å². The van der Waals surface area contributed by atoms with Crippen molar-refractivity contribution >= 4 is 17.2 Å². The summed E-state index contributed by atoms with van der Waals surface area (Å²) in [6, 6.07) is 8.55. The van der Waals surface area contributed by atoms with E-state index in [1.165, 1.54) is 5.56 Å². The highest BCUT2D eigenvalue weighted by Gasteiger charge is 2.12. The van der Waals surface area contributed by atoms with Crippen LogP contribution in [0.4, 0.5) is 0 Å². The third-order valence-corrected chi connectivity index (χ3v) is 4.45. The predicted molar refractivity (Wildman–Crippen MR) is 88.5 cm³/mol. The summed E-state index contributed by atoms with van der Waals surface area (Å²) in [5.41, 5.74) is 3.18. The topological polar surface area (TPSA) is 42.0 Å². The number of hydrogen-bond donors (Lipinski definition) is 1. The Bertz CT molecular complexity index is 602. The summed E-state index contributed by atoms with van der Waals surface area (Å²) in [6.07, 6.45) is 2.29. The number of aromatic nitrogens is 1. The highest BCUT2D eigenvalue weighted by molar-refractivity contribution is 7.13. The molecule has 1 heterocycles. The molecular formula is C17H22N2OS. The standard InChI is InChI=1S/C17H22N2OS/c1-4-14(5-2)18-16(20)10-15-11-21-17(19-15)13-8-6-7-12(3)9-13/h6-9,11,14H,4-5,10H2,1-3H3,(H,18,20). The van der Waals surface area contributed by atoms with Crippen molar-refractivity contribution in [1.82, 2.24) is 10.3 Å². The number of nitrogens with zero attached hydrogens (tertiary/aromatic N) is 1. The van der Waals surface area contributed by atoms with E-state index in [0.717, 1.165) is 29.1 Å². The maximum atomic E-state index is 12.0. The molecule has 1 aromatic heterocycles. The minimum absolute atomic E-state index is 0.0600. The number of carbonyl (C=O) groups excluding carboxylic acids is 1. The molecule has 2 aromatic rings. The second-order valence-electron chi connectivity index (χ2n) is 5.27. The van der Waals surface area contributed by atoms with Crippen LogP contribution in [-0.2, 0) is 11.2 Å². The van der Waals surface area contributed by atoms with Gasteiger partial charge in [-0.15, -0.1) is 11.3 Å². The van der Waals surface area contributed by atoms with Crippen molar-refractivity contribution in [2.45, 2.75) is 46.1 Å². The van der Waals surface area contributed by atoms with Gasteiger partial charge in [-0.25, -0.2) is 4.98 Å². The lowest BCUT2D eigenvalue weighted by Gasteiger charge is -2.13. The Labute approximate surface area is 130 Å². The molecular weight excluding hydrogens is 280 g/mol. The summed E-state index contributed by atoms with van der Waals surface area (Å²) in [5.74, 6) is 0.0600. The Hall–Kier alpha value is -1.68. The summed E-state index contributed by atoms with van der Waals surface area (Å²) in [5, 5.41) is 6.00. The maximum Gasteiger partial charge on any atom is 0.226 e. The lowest BCUT2D eigenvalue weighted by molar-refractivity contribution is -0.121. The first-order valence-corrected chi connectivity index (χ1v) is 8.31. The van der Waals surface area contributed by atoms with Gasteiger partial charge in [-0.05, 0) is 25.8 Å². The Morgan fingerprint density at radius 1 is 1.33 bits per heavy atom. The van der Waals surface area contributed by atoms with Gasteiger partial charge in [0.05, 0.1) is 12.1 Å². The molecule has 0 spiro atoms. The fraction of sp³-hybridized carbons (Fsp3) is 0.412. The Morgan fingerprint density at radius 3 is 2.76 bits per heavy atom. The van der Waals surface area contributed by atoms with Gasteiger partial charge in [0.15, 0.2) is 0 Å². The Kier molecular flexibility index (Phi) is 5.51. The highest BCUT2D eigenvalue weighted by atomic mass is 32.1. The fourth-order valence-electron chi connectivity index (χ4n) is 2.23. The molecule has 1 aromatic carbocycles. The molecule has 0 unspecified atom stereocenters. The zero-order chi connectivity index (χ0) is 15.2. The van der Waals surface area contributed by atoms with Crippen LogP contribution in [-0.4, -0.2) is 16.9 Å². The van der Waals surface area contributed by atoms with Crippen LogP contribution in [0.5, 0.6) is 0 Å². The number of amides is 1. The van der Waals surface area contributed by atoms with Crippen molar-refractivity contribution in [3.05, 3.63) is 40.9 Å². The van der Waals surface area contributed by atoms with Gasteiger partial charge in [0.1, 0.15) is 5.01 Å². The van der Waals surface area contributed by atoms with Crippen molar-refractivity contribution in [3.63, 3.8) is 0 Å². The molecule has 3 nitrogen and oxygen atoms in total. The SMILES string of the molecule is CCC(CC)NC(=O)Cc1csc(-c2cccc(C)c2)n1. The molecule has 0 aliphatic carbocycles. The fourth-order valence-corrected chi connectivity index (χ4v) is 3.05. The molecule has 112 valence electrons. The van der Waals surface area contributed by atoms with Crippen molar-refractivity contribution in [3.8, 4) is 10.6 Å². The zero-order valence-corrected chi connectivity index (χ0v) is 13.7. The Morgan fingerprint density at radius 2 is 2.10 bits per heavy atom. The van der Waals surface area contributed by atoms with Crippen LogP contribution in [0.25, 0.3) is 10.6 Å². The van der Waals surface area contributed by atoms with E-state index in [1.54, 1.807) is 11.3 Å². The van der Waals surface area contributed by atoms with Gasteiger partial charge in [-0.2, -0.15) is 0 Å². The van der Waals surface area contributed by atoms with Gasteiger partial charge in [-0.3, -0.25) is 4.79 Å². The summed E-state index contributed by atoms with van der Waals surface area (Å²) in [4.78, 5) is 16.6. The summed E-state index contributed by atoms with van der Waals surface area (Å²) >= 11 is 1.59. The van der Waals surface area contributed by atoms with Crippen LogP contribution in [0.3, 0.4) is 0 Å². The lowest BCUT2D eigenvalue weighted by Crippen LogP contribution is -2.34. The molecule has 2 rings (SSSR count). The second kappa shape index (κ2) is 7.36. The molecule has 0 radical (unpaired) electrons. The van der Waals surface area contributed by atoms with Crippen LogP contribution in [0, 0.1) is 6.92 Å². The van der Waals surface area contributed by atoms with Crippen LogP contribution in [0.2, 0.25) is 0 Å².